The smallest absolute Gasteiger partial charge is 0.241 e. The van der Waals surface area contributed by atoms with Gasteiger partial charge >= 0.3 is 0 Å². The summed E-state index contributed by atoms with van der Waals surface area (Å²) in [5, 5.41) is 2.60. The van der Waals surface area contributed by atoms with Gasteiger partial charge in [0.2, 0.25) is 11.8 Å². The molecule has 5 heteroatoms. The molecule has 0 aromatic heterocycles. The molecule has 0 unspecified atom stereocenters. The first-order valence-electron chi connectivity index (χ1n) is 6.54. The van der Waals surface area contributed by atoms with E-state index in [1.165, 1.54) is 0 Å². The Balaban J connectivity index is 1.82. The second kappa shape index (κ2) is 6.33. The number of hydrogen-bond acceptors (Lipinski definition) is 3. The molecule has 0 aliphatic carbocycles. The van der Waals surface area contributed by atoms with E-state index < -0.39 is 6.04 Å². The lowest BCUT2D eigenvalue weighted by Gasteiger charge is -2.17. The maximum absolute atomic E-state index is 11.9. The van der Waals surface area contributed by atoms with E-state index in [-0.39, 0.29) is 18.4 Å². The summed E-state index contributed by atoms with van der Waals surface area (Å²) in [4.78, 5) is 25.4. The highest BCUT2D eigenvalue weighted by Crippen LogP contribution is 2.10. The van der Waals surface area contributed by atoms with Crippen LogP contribution in [0.2, 0.25) is 0 Å². The number of nitrogens with one attached hydrogen (secondary N) is 1. The van der Waals surface area contributed by atoms with Crippen molar-refractivity contribution in [1.82, 2.24) is 10.2 Å². The number of nitrogens with zero attached hydrogens (tertiary/aromatic N) is 1. The number of amides is 2. The summed E-state index contributed by atoms with van der Waals surface area (Å²) in [6.07, 6.45) is 2.09. The molecule has 1 heterocycles. The highest BCUT2D eigenvalue weighted by molar-refractivity contribution is 5.88. The number of carbonyl (C=O) groups is 2. The van der Waals surface area contributed by atoms with Gasteiger partial charge in [-0.2, -0.15) is 0 Å². The Morgan fingerprint density at radius 3 is 2.47 bits per heavy atom. The predicted octanol–water partition coefficient (Wildman–Crippen LogP) is 0.425. The molecule has 1 aliphatic heterocycles. The Morgan fingerprint density at radius 1 is 1.21 bits per heavy atom. The molecule has 0 bridgehead atoms. The van der Waals surface area contributed by atoms with Crippen LogP contribution < -0.4 is 11.1 Å². The molecule has 0 spiro atoms. The fourth-order valence-corrected chi connectivity index (χ4v) is 2.16. The monoisotopic (exact) mass is 261 g/mol. The average molecular weight is 261 g/mol. The summed E-state index contributed by atoms with van der Waals surface area (Å²) in [5.74, 6) is -0.357. The minimum Gasteiger partial charge on any atom is -0.345 e. The van der Waals surface area contributed by atoms with Gasteiger partial charge in [0, 0.05) is 13.1 Å². The van der Waals surface area contributed by atoms with Crippen LogP contribution in [-0.2, 0) is 9.59 Å². The zero-order chi connectivity index (χ0) is 13.7. The summed E-state index contributed by atoms with van der Waals surface area (Å²) < 4.78 is 0. The molecule has 1 atom stereocenters. The molecule has 19 heavy (non-hydrogen) atoms. The summed E-state index contributed by atoms with van der Waals surface area (Å²) in [6.45, 7) is 1.61. The van der Waals surface area contributed by atoms with Crippen LogP contribution in [0.1, 0.15) is 24.4 Å². The van der Waals surface area contributed by atoms with Gasteiger partial charge in [-0.15, -0.1) is 0 Å². The fraction of sp³-hybridized carbons (Fsp3) is 0.429. The van der Waals surface area contributed by atoms with Crippen LogP contribution in [0.5, 0.6) is 0 Å². The maximum atomic E-state index is 11.9. The third-order valence-corrected chi connectivity index (χ3v) is 3.31. The maximum Gasteiger partial charge on any atom is 0.241 e. The molecule has 1 aromatic rings. The van der Waals surface area contributed by atoms with Gasteiger partial charge in [-0.05, 0) is 18.4 Å². The van der Waals surface area contributed by atoms with E-state index in [2.05, 4.69) is 5.32 Å². The molecule has 3 N–H and O–H groups in total. The van der Waals surface area contributed by atoms with E-state index in [1.54, 1.807) is 17.0 Å². The van der Waals surface area contributed by atoms with Gasteiger partial charge in [-0.1, -0.05) is 30.3 Å². The number of rotatable bonds is 4. The van der Waals surface area contributed by atoms with Crippen molar-refractivity contribution in [3.8, 4) is 0 Å². The second-order valence-electron chi connectivity index (χ2n) is 4.69. The topological polar surface area (TPSA) is 75.4 Å². The molecular formula is C14H19N3O2. The van der Waals surface area contributed by atoms with Gasteiger partial charge in [-0.3, -0.25) is 9.59 Å². The van der Waals surface area contributed by atoms with Crippen LogP contribution in [0.15, 0.2) is 30.3 Å². The van der Waals surface area contributed by atoms with Crippen molar-refractivity contribution in [2.75, 3.05) is 19.6 Å². The van der Waals surface area contributed by atoms with Crippen LogP contribution >= 0.6 is 0 Å². The Bertz CT molecular complexity index is 441. The van der Waals surface area contributed by atoms with Crippen LogP contribution in [0.3, 0.4) is 0 Å². The third kappa shape index (κ3) is 3.54. The normalized spacial score (nSPS) is 16.2. The lowest BCUT2D eigenvalue weighted by Crippen LogP contribution is -2.42. The molecule has 102 valence electrons. The SMILES string of the molecule is N[C@H](C(=O)NCC(=O)N1CCCC1)c1ccccc1. The van der Waals surface area contributed by atoms with Crippen molar-refractivity contribution in [3.05, 3.63) is 35.9 Å². The van der Waals surface area contributed by atoms with Crippen LogP contribution in [0.4, 0.5) is 0 Å². The molecule has 1 aliphatic rings. The largest absolute Gasteiger partial charge is 0.345 e. The zero-order valence-corrected chi connectivity index (χ0v) is 10.8. The lowest BCUT2D eigenvalue weighted by atomic mass is 10.1. The van der Waals surface area contributed by atoms with Crippen molar-refractivity contribution < 1.29 is 9.59 Å². The van der Waals surface area contributed by atoms with Crippen LogP contribution in [0, 0.1) is 0 Å². The minimum absolute atomic E-state index is 0.0271. The second-order valence-corrected chi connectivity index (χ2v) is 4.69. The van der Waals surface area contributed by atoms with Crippen molar-refractivity contribution in [3.63, 3.8) is 0 Å². The van der Waals surface area contributed by atoms with Gasteiger partial charge in [0.15, 0.2) is 0 Å². The highest BCUT2D eigenvalue weighted by Gasteiger charge is 2.20. The molecule has 1 aromatic carbocycles. The lowest BCUT2D eigenvalue weighted by molar-refractivity contribution is -0.132. The molecule has 2 rings (SSSR count). The predicted molar refractivity (Wildman–Crippen MR) is 72.2 cm³/mol. The molecule has 1 saturated heterocycles. The van der Waals surface area contributed by atoms with E-state index in [0.29, 0.717) is 0 Å². The Labute approximate surface area is 112 Å². The molecule has 1 fully saturated rings. The minimum atomic E-state index is -0.729. The zero-order valence-electron chi connectivity index (χ0n) is 10.8. The number of carbonyl (C=O) groups excluding carboxylic acids is 2. The van der Waals surface area contributed by atoms with Gasteiger partial charge in [0.25, 0.3) is 0 Å². The van der Waals surface area contributed by atoms with Crippen molar-refractivity contribution in [1.29, 1.82) is 0 Å². The Kier molecular flexibility index (Phi) is 4.52. The first-order chi connectivity index (χ1) is 9.18. The number of hydrogen-bond donors (Lipinski definition) is 2. The summed E-state index contributed by atoms with van der Waals surface area (Å²) >= 11 is 0. The average Bonchev–Trinajstić information content (AvgIpc) is 2.98. The van der Waals surface area contributed by atoms with Gasteiger partial charge in [0.05, 0.1) is 6.54 Å². The summed E-state index contributed by atoms with van der Waals surface area (Å²) in [7, 11) is 0. The van der Waals surface area contributed by atoms with Gasteiger partial charge < -0.3 is 16.0 Å². The van der Waals surface area contributed by atoms with E-state index in [4.69, 9.17) is 5.73 Å². The molecule has 2 amide bonds. The van der Waals surface area contributed by atoms with E-state index >= 15 is 0 Å². The van der Waals surface area contributed by atoms with Gasteiger partial charge in [-0.25, -0.2) is 0 Å². The first kappa shape index (κ1) is 13.5. The van der Waals surface area contributed by atoms with Crippen LogP contribution in [-0.4, -0.2) is 36.3 Å². The first-order valence-corrected chi connectivity index (χ1v) is 6.54. The van der Waals surface area contributed by atoms with Crippen molar-refractivity contribution in [2.45, 2.75) is 18.9 Å². The van der Waals surface area contributed by atoms with Gasteiger partial charge in [0.1, 0.15) is 6.04 Å². The molecule has 0 saturated carbocycles. The quantitative estimate of drug-likeness (QED) is 0.825. The fourth-order valence-electron chi connectivity index (χ4n) is 2.16. The number of benzene rings is 1. The van der Waals surface area contributed by atoms with Crippen molar-refractivity contribution >= 4 is 11.8 Å². The standard InChI is InChI=1S/C14H19N3O2/c15-13(11-6-2-1-3-7-11)14(19)16-10-12(18)17-8-4-5-9-17/h1-3,6-7,13H,4-5,8-10,15H2,(H,16,19)/t13-/m0/s1. The highest BCUT2D eigenvalue weighted by atomic mass is 16.2. The molecule has 0 radical (unpaired) electrons. The molecular weight excluding hydrogens is 242 g/mol. The van der Waals surface area contributed by atoms with E-state index in [0.717, 1.165) is 31.5 Å². The van der Waals surface area contributed by atoms with Crippen molar-refractivity contribution in [2.24, 2.45) is 5.73 Å². The van der Waals surface area contributed by atoms with E-state index in [9.17, 15) is 9.59 Å². The third-order valence-electron chi connectivity index (χ3n) is 3.31. The summed E-state index contributed by atoms with van der Waals surface area (Å²) in [6, 6.07) is 8.40. The summed E-state index contributed by atoms with van der Waals surface area (Å²) in [5.41, 5.74) is 6.59. The number of nitrogens with two attached hydrogens (primary N) is 1. The Morgan fingerprint density at radius 2 is 1.84 bits per heavy atom. The molecule has 5 nitrogen and oxygen atoms in total. The van der Waals surface area contributed by atoms with E-state index in [1.807, 2.05) is 18.2 Å². The Hall–Kier alpha value is -1.88. The number of likely N-dealkylation sites (tertiary alicyclic amines) is 1. The van der Waals surface area contributed by atoms with Crippen LogP contribution in [0.25, 0.3) is 0 Å².